The van der Waals surface area contributed by atoms with Gasteiger partial charge in [-0.1, -0.05) is 29.8 Å². The molecule has 0 aliphatic heterocycles. The highest BCUT2D eigenvalue weighted by Gasteiger charge is 2.16. The summed E-state index contributed by atoms with van der Waals surface area (Å²) < 4.78 is 0. The van der Waals surface area contributed by atoms with Gasteiger partial charge >= 0.3 is 0 Å². The average Bonchev–Trinajstić information content (AvgIpc) is 2.69. The van der Waals surface area contributed by atoms with Gasteiger partial charge in [0.05, 0.1) is 0 Å². The average molecular weight is 376 g/mol. The van der Waals surface area contributed by atoms with E-state index in [1.54, 1.807) is 12.1 Å². The third-order valence-corrected chi connectivity index (χ3v) is 4.36. The lowest BCUT2D eigenvalue weighted by atomic mass is 10.1. The van der Waals surface area contributed by atoms with Crippen molar-refractivity contribution in [1.82, 2.24) is 15.4 Å². The third kappa shape index (κ3) is 4.20. The van der Waals surface area contributed by atoms with Gasteiger partial charge in [0, 0.05) is 17.8 Å². The summed E-state index contributed by atoms with van der Waals surface area (Å²) >= 11 is 0. The molecule has 0 aliphatic rings. The first kappa shape index (κ1) is 19.2. The Morgan fingerprint density at radius 3 is 2.50 bits per heavy atom. The standard InChI is InChI=1S/C21H24N6O/c1-4-27(17-7-5-6-15(3)12-17)20-18(22)19(23-13-24-20)25-26-21(28)16-10-8-14(2)9-11-16/h5-13H,4,22H2,1-3H3,(H,26,28)(H,23,24,25). The third-order valence-electron chi connectivity index (χ3n) is 4.36. The predicted octanol–water partition coefficient (Wildman–Crippen LogP) is 3.59. The van der Waals surface area contributed by atoms with E-state index in [-0.39, 0.29) is 5.91 Å². The summed E-state index contributed by atoms with van der Waals surface area (Å²) in [6.45, 7) is 6.71. The molecule has 0 saturated carbocycles. The first-order valence-electron chi connectivity index (χ1n) is 9.07. The molecule has 1 heterocycles. The van der Waals surface area contributed by atoms with Crippen molar-refractivity contribution in [2.45, 2.75) is 20.8 Å². The van der Waals surface area contributed by atoms with Crippen molar-refractivity contribution in [2.24, 2.45) is 0 Å². The molecule has 0 saturated heterocycles. The van der Waals surface area contributed by atoms with Crippen molar-refractivity contribution in [1.29, 1.82) is 0 Å². The Labute approximate surface area is 164 Å². The second-order valence-electron chi connectivity index (χ2n) is 6.49. The molecule has 1 amide bonds. The molecule has 0 atom stereocenters. The van der Waals surface area contributed by atoms with Gasteiger partial charge in [-0.05, 0) is 50.6 Å². The van der Waals surface area contributed by atoms with Crippen LogP contribution in [0.25, 0.3) is 0 Å². The number of aryl methyl sites for hydroxylation is 2. The number of nitrogens with two attached hydrogens (primary N) is 1. The molecular weight excluding hydrogens is 352 g/mol. The van der Waals surface area contributed by atoms with E-state index in [1.165, 1.54) is 6.33 Å². The van der Waals surface area contributed by atoms with Crippen molar-refractivity contribution in [2.75, 3.05) is 22.6 Å². The van der Waals surface area contributed by atoms with E-state index in [4.69, 9.17) is 5.73 Å². The molecule has 1 aromatic heterocycles. The Morgan fingerprint density at radius 1 is 1.07 bits per heavy atom. The van der Waals surface area contributed by atoms with Crippen LogP contribution < -0.4 is 21.5 Å². The Bertz CT molecular complexity index is 971. The van der Waals surface area contributed by atoms with Gasteiger partial charge in [-0.2, -0.15) is 0 Å². The van der Waals surface area contributed by atoms with E-state index in [1.807, 2.05) is 56.0 Å². The quantitative estimate of drug-likeness (QED) is 0.569. The van der Waals surface area contributed by atoms with E-state index in [9.17, 15) is 4.79 Å². The summed E-state index contributed by atoms with van der Waals surface area (Å²) in [6.07, 6.45) is 1.42. The highest BCUT2D eigenvalue weighted by molar-refractivity contribution is 5.95. The maximum atomic E-state index is 12.3. The van der Waals surface area contributed by atoms with Crippen LogP contribution in [-0.2, 0) is 0 Å². The molecule has 0 fully saturated rings. The summed E-state index contributed by atoms with van der Waals surface area (Å²) in [7, 11) is 0. The number of benzene rings is 2. The lowest BCUT2D eigenvalue weighted by molar-refractivity contribution is 0.0962. The van der Waals surface area contributed by atoms with Gasteiger partial charge in [-0.3, -0.25) is 15.6 Å². The fraction of sp³-hybridized carbons (Fsp3) is 0.190. The first-order chi connectivity index (χ1) is 13.5. The van der Waals surface area contributed by atoms with Gasteiger partial charge in [0.2, 0.25) is 0 Å². The molecule has 3 rings (SSSR count). The number of rotatable bonds is 6. The van der Waals surface area contributed by atoms with Crippen molar-refractivity contribution in [3.05, 3.63) is 71.5 Å². The molecule has 28 heavy (non-hydrogen) atoms. The molecule has 0 unspecified atom stereocenters. The monoisotopic (exact) mass is 376 g/mol. The number of carbonyl (C=O) groups is 1. The van der Waals surface area contributed by atoms with Gasteiger partial charge in [-0.25, -0.2) is 9.97 Å². The molecule has 0 aliphatic carbocycles. The van der Waals surface area contributed by atoms with Crippen LogP contribution in [0, 0.1) is 13.8 Å². The van der Waals surface area contributed by atoms with Gasteiger partial charge < -0.3 is 10.6 Å². The van der Waals surface area contributed by atoms with Gasteiger partial charge in [0.25, 0.3) is 5.91 Å². The number of hydrazine groups is 1. The van der Waals surface area contributed by atoms with Gasteiger partial charge in [0.1, 0.15) is 12.0 Å². The second kappa shape index (κ2) is 8.39. The number of amides is 1. The topological polar surface area (TPSA) is 96.2 Å². The molecule has 144 valence electrons. The van der Waals surface area contributed by atoms with Crippen LogP contribution in [0.15, 0.2) is 54.9 Å². The minimum Gasteiger partial charge on any atom is -0.393 e. The zero-order chi connectivity index (χ0) is 20.1. The Hall–Kier alpha value is -3.61. The molecule has 0 radical (unpaired) electrons. The summed E-state index contributed by atoms with van der Waals surface area (Å²) in [4.78, 5) is 22.8. The van der Waals surface area contributed by atoms with Gasteiger partial charge in [-0.15, -0.1) is 0 Å². The first-order valence-corrected chi connectivity index (χ1v) is 9.07. The molecule has 7 heteroatoms. The minimum atomic E-state index is -0.273. The molecule has 3 aromatic rings. The summed E-state index contributed by atoms with van der Waals surface area (Å²) in [5.74, 6) is 0.650. The number of aromatic nitrogens is 2. The van der Waals surface area contributed by atoms with Crippen molar-refractivity contribution in [3.8, 4) is 0 Å². The maximum absolute atomic E-state index is 12.3. The van der Waals surface area contributed by atoms with E-state index in [2.05, 4.69) is 26.9 Å². The number of hydrogen-bond donors (Lipinski definition) is 3. The van der Waals surface area contributed by atoms with E-state index >= 15 is 0 Å². The van der Waals surface area contributed by atoms with Crippen LogP contribution in [0.4, 0.5) is 23.0 Å². The fourth-order valence-corrected chi connectivity index (χ4v) is 2.84. The minimum absolute atomic E-state index is 0.273. The normalized spacial score (nSPS) is 10.4. The number of carbonyl (C=O) groups excluding carboxylic acids is 1. The van der Waals surface area contributed by atoms with Crippen LogP contribution in [0.2, 0.25) is 0 Å². The highest BCUT2D eigenvalue weighted by atomic mass is 16.2. The van der Waals surface area contributed by atoms with Crippen molar-refractivity contribution in [3.63, 3.8) is 0 Å². The van der Waals surface area contributed by atoms with Crippen LogP contribution in [0.3, 0.4) is 0 Å². The Kier molecular flexibility index (Phi) is 5.74. The van der Waals surface area contributed by atoms with Crippen LogP contribution in [0.5, 0.6) is 0 Å². The SMILES string of the molecule is CCN(c1cccc(C)c1)c1ncnc(NNC(=O)c2ccc(C)cc2)c1N. The van der Waals surface area contributed by atoms with Crippen LogP contribution in [0.1, 0.15) is 28.4 Å². The second-order valence-corrected chi connectivity index (χ2v) is 6.49. The predicted molar refractivity (Wildman–Crippen MR) is 113 cm³/mol. The molecule has 2 aromatic carbocycles. The Morgan fingerprint density at radius 2 is 1.82 bits per heavy atom. The van der Waals surface area contributed by atoms with Crippen LogP contribution >= 0.6 is 0 Å². The Balaban J connectivity index is 1.80. The molecule has 0 spiro atoms. The summed E-state index contributed by atoms with van der Waals surface area (Å²) in [5, 5.41) is 0. The van der Waals surface area contributed by atoms with E-state index < -0.39 is 0 Å². The van der Waals surface area contributed by atoms with E-state index in [0.29, 0.717) is 29.4 Å². The van der Waals surface area contributed by atoms with Crippen molar-refractivity contribution < 1.29 is 4.79 Å². The number of hydrogen-bond acceptors (Lipinski definition) is 6. The lowest BCUT2D eigenvalue weighted by Gasteiger charge is -2.24. The van der Waals surface area contributed by atoms with Crippen LogP contribution in [-0.4, -0.2) is 22.4 Å². The zero-order valence-electron chi connectivity index (χ0n) is 16.2. The maximum Gasteiger partial charge on any atom is 0.269 e. The smallest absolute Gasteiger partial charge is 0.269 e. The summed E-state index contributed by atoms with van der Waals surface area (Å²) in [5.41, 5.74) is 15.9. The largest absolute Gasteiger partial charge is 0.393 e. The molecule has 0 bridgehead atoms. The lowest BCUT2D eigenvalue weighted by Crippen LogP contribution is -2.30. The van der Waals surface area contributed by atoms with Gasteiger partial charge in [0.15, 0.2) is 11.6 Å². The number of anilines is 4. The van der Waals surface area contributed by atoms with Crippen molar-refractivity contribution >= 4 is 28.9 Å². The fourth-order valence-electron chi connectivity index (χ4n) is 2.84. The zero-order valence-corrected chi connectivity index (χ0v) is 16.2. The molecule has 4 N–H and O–H groups in total. The van der Waals surface area contributed by atoms with E-state index in [0.717, 1.165) is 16.8 Å². The number of nitrogens with zero attached hydrogens (tertiary/aromatic N) is 3. The summed E-state index contributed by atoms with van der Waals surface area (Å²) in [6, 6.07) is 15.4. The highest BCUT2D eigenvalue weighted by Crippen LogP contribution is 2.31. The number of nitrogens with one attached hydrogen (secondary N) is 2. The number of nitrogen functional groups attached to an aromatic ring is 1. The molecule has 7 nitrogen and oxygen atoms in total. The molecular formula is C21H24N6O.